The molecule has 14 heavy (non-hydrogen) atoms. The van der Waals surface area contributed by atoms with Crippen LogP contribution in [0, 0.1) is 6.92 Å². The Bertz CT molecular complexity index is 366. The van der Waals surface area contributed by atoms with E-state index in [1.165, 1.54) is 16.7 Å². The SMILES string of the molecule is CC1=CCC(c2ccc(C)cc2)C=C1. The van der Waals surface area contributed by atoms with Crippen molar-refractivity contribution in [3.63, 3.8) is 0 Å². The Morgan fingerprint density at radius 1 is 1.07 bits per heavy atom. The van der Waals surface area contributed by atoms with Gasteiger partial charge in [0.05, 0.1) is 0 Å². The fourth-order valence-corrected chi connectivity index (χ4v) is 1.79. The van der Waals surface area contributed by atoms with E-state index in [1.54, 1.807) is 0 Å². The van der Waals surface area contributed by atoms with Gasteiger partial charge in [-0.25, -0.2) is 0 Å². The molecule has 0 amide bonds. The van der Waals surface area contributed by atoms with Crippen LogP contribution in [0.4, 0.5) is 0 Å². The van der Waals surface area contributed by atoms with Gasteiger partial charge in [0, 0.05) is 5.92 Å². The first-order chi connectivity index (χ1) is 6.75. The molecule has 0 aliphatic heterocycles. The summed E-state index contributed by atoms with van der Waals surface area (Å²) in [7, 11) is 0. The quantitative estimate of drug-likeness (QED) is 0.619. The molecule has 1 aromatic carbocycles. The molecule has 0 aromatic heterocycles. The van der Waals surface area contributed by atoms with Crippen molar-refractivity contribution >= 4 is 0 Å². The Balaban J connectivity index is 2.18. The fraction of sp³-hybridized carbons (Fsp3) is 0.286. The summed E-state index contributed by atoms with van der Waals surface area (Å²) in [6.07, 6.45) is 7.98. The highest BCUT2D eigenvalue weighted by Gasteiger charge is 2.08. The van der Waals surface area contributed by atoms with Crippen LogP contribution in [-0.2, 0) is 0 Å². The summed E-state index contributed by atoms with van der Waals surface area (Å²) < 4.78 is 0. The van der Waals surface area contributed by atoms with E-state index in [0.29, 0.717) is 5.92 Å². The summed E-state index contributed by atoms with van der Waals surface area (Å²) in [6, 6.07) is 8.85. The molecule has 2 rings (SSSR count). The Labute approximate surface area is 86.0 Å². The second-order valence-corrected chi connectivity index (χ2v) is 4.06. The number of allylic oxidation sites excluding steroid dienone is 4. The summed E-state index contributed by atoms with van der Waals surface area (Å²) in [5.41, 5.74) is 4.14. The van der Waals surface area contributed by atoms with Crippen molar-refractivity contribution in [1.29, 1.82) is 0 Å². The van der Waals surface area contributed by atoms with E-state index < -0.39 is 0 Å². The lowest BCUT2D eigenvalue weighted by molar-refractivity contribution is 0.844. The minimum Gasteiger partial charge on any atom is -0.0807 e. The monoisotopic (exact) mass is 184 g/mol. The maximum Gasteiger partial charge on any atom is 0.00559 e. The van der Waals surface area contributed by atoms with Crippen LogP contribution in [0.5, 0.6) is 0 Å². The molecular formula is C14H16. The molecule has 0 N–H and O–H groups in total. The predicted octanol–water partition coefficient (Wildman–Crippen LogP) is 3.98. The molecule has 0 saturated carbocycles. The standard InChI is InChI=1S/C14H16/c1-11-3-7-13(8-4-11)14-9-5-12(2)6-10-14/h3-9,14H,10H2,1-2H3. The average molecular weight is 184 g/mol. The number of benzene rings is 1. The number of hydrogen-bond donors (Lipinski definition) is 0. The van der Waals surface area contributed by atoms with Crippen molar-refractivity contribution in [2.45, 2.75) is 26.2 Å². The van der Waals surface area contributed by atoms with Crippen LogP contribution >= 0.6 is 0 Å². The third-order valence-corrected chi connectivity index (χ3v) is 2.79. The van der Waals surface area contributed by atoms with Crippen LogP contribution in [0.15, 0.2) is 48.1 Å². The molecule has 72 valence electrons. The molecule has 0 heteroatoms. The summed E-state index contributed by atoms with van der Waals surface area (Å²) >= 11 is 0. The minimum absolute atomic E-state index is 0.583. The molecule has 1 atom stereocenters. The topological polar surface area (TPSA) is 0 Å². The summed E-state index contributed by atoms with van der Waals surface area (Å²) in [4.78, 5) is 0. The van der Waals surface area contributed by atoms with Crippen LogP contribution in [0.2, 0.25) is 0 Å². The van der Waals surface area contributed by atoms with Gasteiger partial charge in [0.2, 0.25) is 0 Å². The molecule has 0 radical (unpaired) electrons. The molecule has 1 aromatic rings. The third-order valence-electron chi connectivity index (χ3n) is 2.79. The molecule has 1 aliphatic carbocycles. The summed E-state index contributed by atoms with van der Waals surface area (Å²) in [5, 5.41) is 0. The fourth-order valence-electron chi connectivity index (χ4n) is 1.79. The van der Waals surface area contributed by atoms with Crippen molar-refractivity contribution in [1.82, 2.24) is 0 Å². The molecule has 0 saturated heterocycles. The van der Waals surface area contributed by atoms with Crippen LogP contribution in [0.25, 0.3) is 0 Å². The molecule has 1 aliphatic rings. The first-order valence-electron chi connectivity index (χ1n) is 5.17. The maximum absolute atomic E-state index is 2.31. The largest absolute Gasteiger partial charge is 0.0807 e. The van der Waals surface area contributed by atoms with Crippen molar-refractivity contribution in [3.8, 4) is 0 Å². The second-order valence-electron chi connectivity index (χ2n) is 4.06. The number of hydrogen-bond acceptors (Lipinski definition) is 0. The van der Waals surface area contributed by atoms with Gasteiger partial charge in [-0.05, 0) is 25.8 Å². The van der Waals surface area contributed by atoms with E-state index >= 15 is 0 Å². The lowest BCUT2D eigenvalue weighted by atomic mass is 9.90. The number of rotatable bonds is 1. The van der Waals surface area contributed by atoms with E-state index in [-0.39, 0.29) is 0 Å². The Morgan fingerprint density at radius 3 is 2.36 bits per heavy atom. The van der Waals surface area contributed by atoms with E-state index in [0.717, 1.165) is 6.42 Å². The third kappa shape index (κ3) is 1.95. The van der Waals surface area contributed by atoms with Crippen molar-refractivity contribution in [2.75, 3.05) is 0 Å². The minimum atomic E-state index is 0.583. The normalized spacial score (nSPS) is 20.7. The molecule has 0 heterocycles. The van der Waals surface area contributed by atoms with Gasteiger partial charge < -0.3 is 0 Å². The maximum atomic E-state index is 2.31. The zero-order valence-electron chi connectivity index (χ0n) is 8.83. The summed E-state index contributed by atoms with van der Waals surface area (Å²) in [6.45, 7) is 4.28. The van der Waals surface area contributed by atoms with Gasteiger partial charge >= 0.3 is 0 Å². The molecule has 0 nitrogen and oxygen atoms in total. The zero-order valence-corrected chi connectivity index (χ0v) is 8.83. The van der Waals surface area contributed by atoms with Gasteiger partial charge in [0.15, 0.2) is 0 Å². The van der Waals surface area contributed by atoms with E-state index in [2.05, 4.69) is 56.3 Å². The first-order valence-corrected chi connectivity index (χ1v) is 5.17. The Morgan fingerprint density at radius 2 is 1.79 bits per heavy atom. The highest BCUT2D eigenvalue weighted by atomic mass is 14.1. The van der Waals surface area contributed by atoms with Crippen LogP contribution < -0.4 is 0 Å². The van der Waals surface area contributed by atoms with E-state index in [4.69, 9.17) is 0 Å². The second kappa shape index (κ2) is 3.83. The Kier molecular flexibility index (Phi) is 2.53. The van der Waals surface area contributed by atoms with Gasteiger partial charge in [-0.2, -0.15) is 0 Å². The lowest BCUT2D eigenvalue weighted by Gasteiger charge is -2.15. The zero-order chi connectivity index (χ0) is 9.97. The smallest absolute Gasteiger partial charge is 0.00559 e. The average Bonchev–Trinajstić information content (AvgIpc) is 2.21. The van der Waals surface area contributed by atoms with Gasteiger partial charge in [0.1, 0.15) is 0 Å². The van der Waals surface area contributed by atoms with E-state index in [1.807, 2.05) is 0 Å². The molecule has 1 unspecified atom stereocenters. The van der Waals surface area contributed by atoms with E-state index in [9.17, 15) is 0 Å². The molecule has 0 spiro atoms. The van der Waals surface area contributed by atoms with Gasteiger partial charge in [-0.15, -0.1) is 0 Å². The van der Waals surface area contributed by atoms with Gasteiger partial charge in [-0.1, -0.05) is 53.6 Å². The highest BCUT2D eigenvalue weighted by molar-refractivity contribution is 5.33. The van der Waals surface area contributed by atoms with Gasteiger partial charge in [-0.3, -0.25) is 0 Å². The molecular weight excluding hydrogens is 168 g/mol. The summed E-state index contributed by atoms with van der Waals surface area (Å²) in [5.74, 6) is 0.583. The first kappa shape index (κ1) is 9.26. The molecule has 0 fully saturated rings. The van der Waals surface area contributed by atoms with Crippen molar-refractivity contribution in [2.24, 2.45) is 0 Å². The van der Waals surface area contributed by atoms with Crippen molar-refractivity contribution < 1.29 is 0 Å². The lowest BCUT2D eigenvalue weighted by Crippen LogP contribution is -1.97. The number of aryl methyl sites for hydroxylation is 1. The van der Waals surface area contributed by atoms with Crippen LogP contribution in [0.1, 0.15) is 30.4 Å². The predicted molar refractivity (Wildman–Crippen MR) is 61.4 cm³/mol. The van der Waals surface area contributed by atoms with Crippen molar-refractivity contribution in [3.05, 3.63) is 59.2 Å². The molecule has 0 bridgehead atoms. The van der Waals surface area contributed by atoms with Crippen LogP contribution in [-0.4, -0.2) is 0 Å². The Hall–Kier alpha value is -1.30. The van der Waals surface area contributed by atoms with Gasteiger partial charge in [0.25, 0.3) is 0 Å². The highest BCUT2D eigenvalue weighted by Crippen LogP contribution is 2.26. The van der Waals surface area contributed by atoms with Crippen LogP contribution in [0.3, 0.4) is 0 Å².